The minimum atomic E-state index is -0.440. The predicted molar refractivity (Wildman–Crippen MR) is 97.7 cm³/mol. The standard InChI is InChI=1S/C18H19Cl2NO3/c1-11-9-13(10-12(2)16(11)20)24-8-7-21-17-14(18(22)23-3)5-4-6-15(17)19/h4-6,9-10,21H,7-8H2,1-3H3. The zero-order chi connectivity index (χ0) is 17.7. The highest BCUT2D eigenvalue weighted by Gasteiger charge is 2.14. The van der Waals surface area contributed by atoms with Crippen molar-refractivity contribution in [1.29, 1.82) is 0 Å². The zero-order valence-corrected chi connectivity index (χ0v) is 15.3. The highest BCUT2D eigenvalue weighted by molar-refractivity contribution is 6.34. The Morgan fingerprint density at radius 3 is 2.46 bits per heavy atom. The van der Waals surface area contributed by atoms with E-state index in [0.717, 1.165) is 21.9 Å². The third-order valence-electron chi connectivity index (χ3n) is 3.50. The Balaban J connectivity index is 1.99. The van der Waals surface area contributed by atoms with Crippen LogP contribution in [0, 0.1) is 13.8 Å². The SMILES string of the molecule is COC(=O)c1cccc(Cl)c1NCCOc1cc(C)c(Cl)c(C)c1. The Hall–Kier alpha value is -1.91. The van der Waals surface area contributed by atoms with Crippen molar-refractivity contribution in [3.8, 4) is 5.75 Å². The van der Waals surface area contributed by atoms with Crippen LogP contribution in [0.5, 0.6) is 5.75 Å². The molecule has 0 radical (unpaired) electrons. The van der Waals surface area contributed by atoms with Crippen LogP contribution in [0.25, 0.3) is 0 Å². The van der Waals surface area contributed by atoms with Crippen LogP contribution in [0.15, 0.2) is 30.3 Å². The molecule has 0 amide bonds. The molecule has 128 valence electrons. The number of benzene rings is 2. The number of carbonyl (C=O) groups excluding carboxylic acids is 1. The fourth-order valence-corrected chi connectivity index (χ4v) is 2.67. The number of ether oxygens (including phenoxy) is 2. The molecule has 0 aromatic heterocycles. The molecule has 0 saturated carbocycles. The molecule has 0 fully saturated rings. The molecule has 2 aromatic carbocycles. The fraction of sp³-hybridized carbons (Fsp3) is 0.278. The fourth-order valence-electron chi connectivity index (χ4n) is 2.32. The molecule has 0 aliphatic carbocycles. The monoisotopic (exact) mass is 367 g/mol. The minimum Gasteiger partial charge on any atom is -0.492 e. The maximum Gasteiger partial charge on any atom is 0.340 e. The second-order valence-electron chi connectivity index (χ2n) is 5.30. The van der Waals surface area contributed by atoms with Crippen LogP contribution in [0.1, 0.15) is 21.5 Å². The van der Waals surface area contributed by atoms with E-state index in [-0.39, 0.29) is 0 Å². The molecule has 0 heterocycles. The largest absolute Gasteiger partial charge is 0.492 e. The number of rotatable bonds is 6. The molecule has 4 nitrogen and oxygen atoms in total. The first-order valence-electron chi connectivity index (χ1n) is 7.44. The third kappa shape index (κ3) is 4.34. The van der Waals surface area contributed by atoms with Crippen molar-refractivity contribution >= 4 is 34.9 Å². The van der Waals surface area contributed by atoms with Crippen molar-refractivity contribution in [3.63, 3.8) is 0 Å². The van der Waals surface area contributed by atoms with E-state index in [0.29, 0.717) is 29.4 Å². The number of para-hydroxylation sites is 1. The van der Waals surface area contributed by atoms with Crippen LogP contribution in [0.4, 0.5) is 5.69 Å². The second-order valence-corrected chi connectivity index (χ2v) is 6.09. The molecule has 0 aliphatic rings. The number of esters is 1. The number of halogens is 2. The minimum absolute atomic E-state index is 0.392. The second kappa shape index (κ2) is 8.27. The lowest BCUT2D eigenvalue weighted by Crippen LogP contribution is -2.15. The van der Waals surface area contributed by atoms with Crippen molar-refractivity contribution in [2.45, 2.75) is 13.8 Å². The lowest BCUT2D eigenvalue weighted by atomic mass is 10.1. The molecule has 1 N–H and O–H groups in total. The number of nitrogens with one attached hydrogen (secondary N) is 1. The van der Waals surface area contributed by atoms with Gasteiger partial charge >= 0.3 is 5.97 Å². The summed E-state index contributed by atoms with van der Waals surface area (Å²) in [6, 6.07) is 8.86. The normalized spacial score (nSPS) is 10.4. The van der Waals surface area contributed by atoms with Gasteiger partial charge in [0.1, 0.15) is 12.4 Å². The van der Waals surface area contributed by atoms with Gasteiger partial charge < -0.3 is 14.8 Å². The summed E-state index contributed by atoms with van der Waals surface area (Å²) in [5.41, 5.74) is 2.87. The average Bonchev–Trinajstić information content (AvgIpc) is 2.56. The molecular formula is C18H19Cl2NO3. The molecular weight excluding hydrogens is 349 g/mol. The van der Waals surface area contributed by atoms with Gasteiger partial charge in [0.2, 0.25) is 0 Å². The van der Waals surface area contributed by atoms with E-state index in [1.54, 1.807) is 18.2 Å². The lowest BCUT2D eigenvalue weighted by Gasteiger charge is -2.14. The Morgan fingerprint density at radius 1 is 1.17 bits per heavy atom. The lowest BCUT2D eigenvalue weighted by molar-refractivity contribution is 0.0602. The van der Waals surface area contributed by atoms with Gasteiger partial charge in [0.15, 0.2) is 0 Å². The van der Waals surface area contributed by atoms with Crippen molar-refractivity contribution in [3.05, 3.63) is 57.1 Å². The maximum absolute atomic E-state index is 11.8. The average molecular weight is 368 g/mol. The molecule has 0 atom stereocenters. The smallest absolute Gasteiger partial charge is 0.340 e. The van der Waals surface area contributed by atoms with Gasteiger partial charge in [-0.2, -0.15) is 0 Å². The molecule has 2 rings (SSSR count). The van der Waals surface area contributed by atoms with Crippen LogP contribution >= 0.6 is 23.2 Å². The van der Waals surface area contributed by atoms with Crippen molar-refractivity contribution in [2.24, 2.45) is 0 Å². The molecule has 2 aromatic rings. The van der Waals surface area contributed by atoms with Crippen molar-refractivity contribution < 1.29 is 14.3 Å². The first-order chi connectivity index (χ1) is 11.4. The van der Waals surface area contributed by atoms with Gasteiger partial charge in [0.25, 0.3) is 0 Å². The summed E-state index contributed by atoms with van der Waals surface area (Å²) in [6.07, 6.45) is 0. The molecule has 0 saturated heterocycles. The highest BCUT2D eigenvalue weighted by Crippen LogP contribution is 2.27. The number of hydrogen-bond acceptors (Lipinski definition) is 4. The summed E-state index contributed by atoms with van der Waals surface area (Å²) < 4.78 is 10.5. The van der Waals surface area contributed by atoms with E-state index < -0.39 is 5.97 Å². The number of anilines is 1. The van der Waals surface area contributed by atoms with Crippen LogP contribution in [0.3, 0.4) is 0 Å². The Bertz CT molecular complexity index is 724. The van der Waals surface area contributed by atoms with E-state index in [1.165, 1.54) is 7.11 Å². The van der Waals surface area contributed by atoms with Gasteiger partial charge in [-0.3, -0.25) is 0 Å². The first kappa shape index (κ1) is 18.4. The Morgan fingerprint density at radius 2 is 1.83 bits per heavy atom. The molecule has 6 heteroatoms. The molecule has 24 heavy (non-hydrogen) atoms. The number of aryl methyl sites for hydroxylation is 2. The van der Waals surface area contributed by atoms with E-state index in [4.69, 9.17) is 32.7 Å². The van der Waals surface area contributed by atoms with Crippen LogP contribution in [-0.2, 0) is 4.74 Å². The first-order valence-corrected chi connectivity index (χ1v) is 8.20. The van der Waals surface area contributed by atoms with Crippen LogP contribution in [0.2, 0.25) is 10.0 Å². The summed E-state index contributed by atoms with van der Waals surface area (Å²) in [5.74, 6) is 0.313. The zero-order valence-electron chi connectivity index (χ0n) is 13.8. The van der Waals surface area contributed by atoms with Crippen LogP contribution in [-0.4, -0.2) is 26.2 Å². The summed E-state index contributed by atoms with van der Waals surface area (Å²) in [6.45, 7) is 4.76. The van der Waals surface area contributed by atoms with Crippen LogP contribution < -0.4 is 10.1 Å². The van der Waals surface area contributed by atoms with E-state index >= 15 is 0 Å². The highest BCUT2D eigenvalue weighted by atomic mass is 35.5. The number of carbonyl (C=O) groups is 1. The van der Waals surface area contributed by atoms with Gasteiger partial charge in [-0.1, -0.05) is 29.3 Å². The molecule has 0 unspecified atom stereocenters. The van der Waals surface area contributed by atoms with Crippen molar-refractivity contribution in [2.75, 3.05) is 25.6 Å². The van der Waals surface area contributed by atoms with Gasteiger partial charge in [-0.05, 0) is 49.2 Å². The van der Waals surface area contributed by atoms with E-state index in [1.807, 2.05) is 26.0 Å². The number of methoxy groups -OCH3 is 1. The summed E-state index contributed by atoms with van der Waals surface area (Å²) in [7, 11) is 1.33. The quantitative estimate of drug-likeness (QED) is 0.583. The molecule has 0 bridgehead atoms. The number of hydrogen-bond donors (Lipinski definition) is 1. The van der Waals surface area contributed by atoms with Gasteiger partial charge in [-0.15, -0.1) is 0 Å². The predicted octanol–water partition coefficient (Wildman–Crippen LogP) is 4.89. The molecule has 0 aliphatic heterocycles. The summed E-state index contributed by atoms with van der Waals surface area (Å²) in [4.78, 5) is 11.8. The summed E-state index contributed by atoms with van der Waals surface area (Å²) >= 11 is 12.3. The topological polar surface area (TPSA) is 47.6 Å². The van der Waals surface area contributed by atoms with E-state index in [2.05, 4.69) is 5.32 Å². The van der Waals surface area contributed by atoms with E-state index in [9.17, 15) is 4.79 Å². The third-order valence-corrected chi connectivity index (χ3v) is 4.41. The van der Waals surface area contributed by atoms with Gasteiger partial charge in [0.05, 0.1) is 23.4 Å². The van der Waals surface area contributed by atoms with Gasteiger partial charge in [-0.25, -0.2) is 4.79 Å². The Labute approximate surface area is 151 Å². The maximum atomic E-state index is 11.8. The Kier molecular flexibility index (Phi) is 6.35. The van der Waals surface area contributed by atoms with Gasteiger partial charge in [0, 0.05) is 11.6 Å². The molecule has 0 spiro atoms. The summed E-state index contributed by atoms with van der Waals surface area (Å²) in [5, 5.41) is 4.33. The van der Waals surface area contributed by atoms with Crippen molar-refractivity contribution in [1.82, 2.24) is 0 Å².